The minimum absolute atomic E-state index is 0. The van der Waals surface area contributed by atoms with Crippen LogP contribution >= 0.6 is 35.6 Å². The number of nitrogens with one attached hydrogen (secondary N) is 2. The molecule has 0 aliphatic carbocycles. The first-order chi connectivity index (χ1) is 12.2. The van der Waals surface area contributed by atoms with Gasteiger partial charge in [-0.2, -0.15) is 0 Å². The molecule has 26 heavy (non-hydrogen) atoms. The lowest BCUT2D eigenvalue weighted by molar-refractivity contribution is 0.408. The van der Waals surface area contributed by atoms with Crippen molar-refractivity contribution in [1.29, 1.82) is 0 Å². The second-order valence-electron chi connectivity index (χ2n) is 5.54. The average Bonchev–Trinajstić information content (AvgIpc) is 2.62. The third kappa shape index (κ3) is 4.92. The zero-order valence-electron chi connectivity index (χ0n) is 14.3. The van der Waals surface area contributed by atoms with Crippen LogP contribution in [0.4, 0.5) is 11.4 Å². The number of anilines is 2. The summed E-state index contributed by atoms with van der Waals surface area (Å²) in [6, 6.07) is 13.7. The van der Waals surface area contributed by atoms with Crippen LogP contribution in [0, 0.1) is 0 Å². The Morgan fingerprint density at radius 3 is 2.73 bits per heavy atom. The van der Waals surface area contributed by atoms with E-state index in [0.717, 1.165) is 40.1 Å². The molecule has 2 aromatic carbocycles. The molecule has 7 heteroatoms. The minimum Gasteiger partial charge on any atom is -0.496 e. The van der Waals surface area contributed by atoms with Crippen molar-refractivity contribution in [3.63, 3.8) is 0 Å². The van der Waals surface area contributed by atoms with Crippen molar-refractivity contribution >= 4 is 57.9 Å². The molecule has 0 amide bonds. The molecule has 0 aliphatic heterocycles. The first kappa shape index (κ1) is 20.6. The minimum atomic E-state index is 0. The molecule has 1 aromatic heterocycles. The van der Waals surface area contributed by atoms with Gasteiger partial charge >= 0.3 is 0 Å². The van der Waals surface area contributed by atoms with Crippen molar-refractivity contribution in [2.24, 2.45) is 0 Å². The van der Waals surface area contributed by atoms with Crippen molar-refractivity contribution in [2.75, 3.05) is 24.9 Å². The van der Waals surface area contributed by atoms with Gasteiger partial charge in [0.1, 0.15) is 5.75 Å². The molecule has 0 spiro atoms. The van der Waals surface area contributed by atoms with E-state index in [1.54, 1.807) is 13.3 Å². The molecule has 0 atom stereocenters. The topological polar surface area (TPSA) is 46.2 Å². The second-order valence-corrected chi connectivity index (χ2v) is 6.35. The van der Waals surface area contributed by atoms with Crippen LogP contribution in [0.2, 0.25) is 5.02 Å². The van der Waals surface area contributed by atoms with E-state index in [9.17, 15) is 0 Å². The molecule has 138 valence electrons. The van der Waals surface area contributed by atoms with Crippen LogP contribution in [0.3, 0.4) is 0 Å². The highest BCUT2D eigenvalue weighted by molar-refractivity contribution is 6.31. The molecule has 0 saturated carbocycles. The quantitative estimate of drug-likeness (QED) is 0.403. The van der Waals surface area contributed by atoms with Gasteiger partial charge < -0.3 is 15.4 Å². The summed E-state index contributed by atoms with van der Waals surface area (Å²) < 4.78 is 5.44. The van der Waals surface area contributed by atoms with Crippen LogP contribution in [0.5, 0.6) is 5.75 Å². The van der Waals surface area contributed by atoms with Gasteiger partial charge in [0.2, 0.25) is 0 Å². The van der Waals surface area contributed by atoms with Crippen LogP contribution in [-0.2, 0) is 6.54 Å². The van der Waals surface area contributed by atoms with Crippen molar-refractivity contribution in [1.82, 2.24) is 10.3 Å². The fourth-order valence-electron chi connectivity index (χ4n) is 2.67. The van der Waals surface area contributed by atoms with Crippen LogP contribution in [0.25, 0.3) is 10.9 Å². The molecule has 3 aromatic rings. The first-order valence-electron chi connectivity index (χ1n) is 7.96. The number of hydrogen-bond donors (Lipinski definition) is 2. The number of pyridine rings is 1. The van der Waals surface area contributed by atoms with Gasteiger partial charge in [-0.05, 0) is 42.5 Å². The molecule has 0 saturated heterocycles. The number of benzene rings is 2. The lowest BCUT2D eigenvalue weighted by Gasteiger charge is -2.14. The lowest BCUT2D eigenvalue weighted by atomic mass is 10.1. The van der Waals surface area contributed by atoms with Gasteiger partial charge in [-0.25, -0.2) is 0 Å². The van der Waals surface area contributed by atoms with E-state index in [4.69, 9.17) is 27.9 Å². The Kier molecular flexibility index (Phi) is 7.79. The second kappa shape index (κ2) is 9.83. The Bertz CT molecular complexity index is 874. The van der Waals surface area contributed by atoms with Crippen molar-refractivity contribution in [2.45, 2.75) is 6.54 Å². The fraction of sp³-hybridized carbons (Fsp3) is 0.211. The predicted molar refractivity (Wildman–Crippen MR) is 113 cm³/mol. The van der Waals surface area contributed by atoms with E-state index in [-0.39, 0.29) is 12.4 Å². The van der Waals surface area contributed by atoms with Crippen molar-refractivity contribution < 1.29 is 4.74 Å². The first-order valence-corrected chi connectivity index (χ1v) is 8.87. The molecule has 1 heterocycles. The van der Waals surface area contributed by atoms with E-state index in [1.807, 2.05) is 36.4 Å². The Morgan fingerprint density at radius 2 is 1.96 bits per heavy atom. The number of alkyl halides is 1. The smallest absolute Gasteiger partial charge is 0.123 e. The number of fused-ring (bicyclic) bond motifs is 1. The monoisotopic (exact) mass is 411 g/mol. The van der Waals surface area contributed by atoms with E-state index < -0.39 is 0 Å². The summed E-state index contributed by atoms with van der Waals surface area (Å²) in [4.78, 5) is 4.37. The van der Waals surface area contributed by atoms with E-state index in [2.05, 4.69) is 21.7 Å². The van der Waals surface area contributed by atoms with Crippen molar-refractivity contribution in [3.8, 4) is 5.75 Å². The summed E-state index contributed by atoms with van der Waals surface area (Å²) in [6.45, 7) is 1.44. The predicted octanol–water partition coefficient (Wildman–Crippen LogP) is 5.39. The molecule has 0 bridgehead atoms. The SMILES string of the molecule is COc1ccc(Nc2ccnc3cc(Cl)ccc23)cc1CNCCCl.Cl. The van der Waals surface area contributed by atoms with Gasteiger partial charge in [-0.3, -0.25) is 4.98 Å². The molecule has 0 unspecified atom stereocenters. The van der Waals surface area contributed by atoms with Crippen LogP contribution in [0.1, 0.15) is 5.56 Å². The summed E-state index contributed by atoms with van der Waals surface area (Å²) in [6.07, 6.45) is 1.77. The highest BCUT2D eigenvalue weighted by Gasteiger charge is 2.07. The van der Waals surface area contributed by atoms with E-state index in [1.165, 1.54) is 0 Å². The molecular weight excluding hydrogens is 393 g/mol. The third-order valence-electron chi connectivity index (χ3n) is 3.85. The molecule has 2 N–H and O–H groups in total. The number of aromatic nitrogens is 1. The van der Waals surface area contributed by atoms with Gasteiger partial charge in [-0.1, -0.05) is 11.6 Å². The highest BCUT2D eigenvalue weighted by Crippen LogP contribution is 2.29. The Labute approximate surface area is 169 Å². The summed E-state index contributed by atoms with van der Waals surface area (Å²) in [5.41, 5.74) is 3.88. The highest BCUT2D eigenvalue weighted by atomic mass is 35.5. The molecular formula is C19H20Cl3N3O. The van der Waals surface area contributed by atoms with E-state index >= 15 is 0 Å². The van der Waals surface area contributed by atoms with Gasteiger partial charge in [0, 0.05) is 52.5 Å². The Balaban J connectivity index is 0.00000243. The number of halogens is 3. The van der Waals surface area contributed by atoms with Gasteiger partial charge in [0.05, 0.1) is 12.6 Å². The van der Waals surface area contributed by atoms with Gasteiger partial charge in [0.15, 0.2) is 0 Å². The maximum atomic E-state index is 6.06. The zero-order chi connectivity index (χ0) is 17.6. The number of ether oxygens (including phenoxy) is 1. The average molecular weight is 413 g/mol. The summed E-state index contributed by atoms with van der Waals surface area (Å²) in [5, 5.41) is 8.44. The van der Waals surface area contributed by atoms with Gasteiger partial charge in [0.25, 0.3) is 0 Å². The zero-order valence-corrected chi connectivity index (χ0v) is 16.6. The standard InChI is InChI=1S/C19H19Cl2N3O.ClH/c1-25-19-5-3-15(10-13(19)12-22-9-7-20)24-17-6-8-23-18-11-14(21)2-4-16(17)18;/h2-6,8,10-11,22H,7,9,12H2,1H3,(H,23,24);1H. The third-order valence-corrected chi connectivity index (χ3v) is 4.27. The Hall–Kier alpha value is -1.72. The number of methoxy groups -OCH3 is 1. The maximum Gasteiger partial charge on any atom is 0.123 e. The number of hydrogen-bond acceptors (Lipinski definition) is 4. The molecule has 3 rings (SSSR count). The number of rotatable bonds is 7. The number of nitrogens with zero attached hydrogens (tertiary/aromatic N) is 1. The molecule has 0 aliphatic rings. The van der Waals surface area contributed by atoms with Crippen LogP contribution in [-0.4, -0.2) is 24.5 Å². The molecule has 0 radical (unpaired) electrons. The van der Waals surface area contributed by atoms with Crippen LogP contribution in [0.15, 0.2) is 48.7 Å². The summed E-state index contributed by atoms with van der Waals surface area (Å²) in [7, 11) is 1.67. The van der Waals surface area contributed by atoms with Crippen molar-refractivity contribution in [3.05, 3.63) is 59.2 Å². The molecule has 0 fully saturated rings. The maximum absolute atomic E-state index is 6.06. The van der Waals surface area contributed by atoms with Gasteiger partial charge in [-0.15, -0.1) is 24.0 Å². The normalized spacial score (nSPS) is 10.4. The fourth-order valence-corrected chi connectivity index (χ4v) is 2.97. The van der Waals surface area contributed by atoms with Crippen LogP contribution < -0.4 is 15.4 Å². The van der Waals surface area contributed by atoms with E-state index in [0.29, 0.717) is 17.4 Å². The lowest BCUT2D eigenvalue weighted by Crippen LogP contribution is -2.16. The molecule has 4 nitrogen and oxygen atoms in total. The summed E-state index contributed by atoms with van der Waals surface area (Å²) >= 11 is 11.8. The largest absolute Gasteiger partial charge is 0.496 e. The summed E-state index contributed by atoms with van der Waals surface area (Å²) in [5.74, 6) is 1.42. The Morgan fingerprint density at radius 1 is 1.12 bits per heavy atom.